The molecule has 0 amide bonds. The molecule has 2 aromatic carbocycles. The van der Waals surface area contributed by atoms with E-state index < -0.39 is 0 Å². The monoisotopic (exact) mass is 873 g/mol. The third kappa shape index (κ3) is 15.0. The predicted molar refractivity (Wildman–Crippen MR) is 244 cm³/mol. The van der Waals surface area contributed by atoms with Gasteiger partial charge in [0.1, 0.15) is 5.75 Å². The molecule has 314 valence electrons. The number of allylic oxidation sites excluding steroid dienone is 2. The van der Waals surface area contributed by atoms with Crippen LogP contribution in [0.25, 0.3) is 43.5 Å². The van der Waals surface area contributed by atoms with E-state index in [2.05, 4.69) is 106 Å². The maximum absolute atomic E-state index is 5.92. The van der Waals surface area contributed by atoms with Gasteiger partial charge in [0.2, 0.25) is 0 Å². The molecule has 2 aromatic rings. The summed E-state index contributed by atoms with van der Waals surface area (Å²) in [5, 5.41) is 30.1. The minimum absolute atomic E-state index is 0. The van der Waals surface area contributed by atoms with Crippen LogP contribution in [0, 0.1) is 0 Å². The molecule has 0 saturated carbocycles. The van der Waals surface area contributed by atoms with E-state index in [0.29, 0.717) is 24.2 Å². The van der Waals surface area contributed by atoms with Gasteiger partial charge in [-0.2, -0.15) is 24.5 Å². The van der Waals surface area contributed by atoms with Crippen LogP contribution in [-0.2, 0) is 19.5 Å². The molecule has 0 spiro atoms. The van der Waals surface area contributed by atoms with Crippen LogP contribution in [0.2, 0.25) is 0 Å². The first-order chi connectivity index (χ1) is 28.2. The number of hydrogen-bond donors (Lipinski definition) is 0. The van der Waals surface area contributed by atoms with Crippen LogP contribution in [0.3, 0.4) is 0 Å². The van der Waals surface area contributed by atoms with Crippen molar-refractivity contribution in [3.63, 3.8) is 0 Å². The van der Waals surface area contributed by atoms with Crippen molar-refractivity contribution in [3.05, 3.63) is 115 Å². The Hall–Kier alpha value is -2.94. The van der Waals surface area contributed by atoms with Crippen LogP contribution < -0.4 is 20.1 Å². The topological polar surface area (TPSA) is 97.1 Å². The molecule has 58 heavy (non-hydrogen) atoms. The average Bonchev–Trinajstić information content (AvgIpc) is 3.28. The van der Waals surface area contributed by atoms with E-state index in [1.165, 1.54) is 113 Å². The number of piperidine rings is 3. The molecule has 3 saturated heterocycles. The molecule has 0 aromatic heterocycles. The Morgan fingerprint density at radius 2 is 1.34 bits per heavy atom. The molecule has 6 heterocycles. The molecule has 8 nitrogen and oxygen atoms in total. The van der Waals surface area contributed by atoms with Gasteiger partial charge in [-0.3, -0.25) is 0 Å². The van der Waals surface area contributed by atoms with Gasteiger partial charge in [-0.15, -0.1) is 55.7 Å². The third-order valence-corrected chi connectivity index (χ3v) is 11.9. The number of nitrogens with zero attached hydrogens (tertiary/aromatic N) is 7. The molecular formula is C49H69N7ORu. The van der Waals surface area contributed by atoms with Gasteiger partial charge in [-0.1, -0.05) is 139 Å². The number of unbranched alkanes of at least 4 members (excludes halogenated alkanes) is 6. The summed E-state index contributed by atoms with van der Waals surface area (Å²) in [7, 11) is 4.11. The van der Waals surface area contributed by atoms with Crippen molar-refractivity contribution in [2.75, 3.05) is 51.8 Å². The molecule has 0 aliphatic carbocycles. The first kappa shape index (κ1) is 46.1. The molecule has 6 aliphatic heterocycles. The number of ether oxygens (including phenoxy) is 1. The van der Waals surface area contributed by atoms with Gasteiger partial charge in [0.05, 0.1) is 6.61 Å². The summed E-state index contributed by atoms with van der Waals surface area (Å²) in [5.74, 6) is 0.966. The molecule has 0 bridgehead atoms. The number of fused-ring (bicyclic) bond motifs is 3. The van der Waals surface area contributed by atoms with Gasteiger partial charge in [-0.25, -0.2) is 0 Å². The Balaban J connectivity index is 0.000000207. The zero-order valence-corrected chi connectivity index (χ0v) is 37.2. The zero-order chi connectivity index (χ0) is 39.3. The second kappa shape index (κ2) is 26.3. The van der Waals surface area contributed by atoms with E-state index in [1.54, 1.807) is 0 Å². The maximum atomic E-state index is 5.92. The second-order valence-corrected chi connectivity index (χ2v) is 16.5. The number of hydrogen-bond acceptors (Lipinski definition) is 2. The largest absolute Gasteiger partial charge is 6.00 e. The number of anilines is 1. The van der Waals surface area contributed by atoms with Crippen LogP contribution in [0.15, 0.2) is 73.1 Å². The molecule has 0 N–H and O–H groups in total. The maximum Gasteiger partial charge on any atom is 6.00 e. The molecule has 4 unspecified atom stereocenters. The van der Waals surface area contributed by atoms with E-state index >= 15 is 0 Å². The van der Waals surface area contributed by atoms with E-state index in [-0.39, 0.29) is 19.5 Å². The van der Waals surface area contributed by atoms with Crippen LogP contribution in [0.5, 0.6) is 5.75 Å². The molecule has 3 fully saturated rings. The first-order valence-electron chi connectivity index (χ1n) is 22.5. The zero-order valence-electron chi connectivity index (χ0n) is 35.5. The summed E-state index contributed by atoms with van der Waals surface area (Å²) < 4.78 is 5.92. The summed E-state index contributed by atoms with van der Waals surface area (Å²) in [6.07, 6.45) is 37.4. The van der Waals surface area contributed by atoms with E-state index in [4.69, 9.17) is 4.74 Å². The summed E-state index contributed by atoms with van der Waals surface area (Å²) in [4.78, 5) is 2.10. The van der Waals surface area contributed by atoms with E-state index in [9.17, 15) is 0 Å². The minimum Gasteiger partial charge on any atom is -0.665 e. The summed E-state index contributed by atoms with van der Waals surface area (Å²) >= 11 is 0. The van der Waals surface area contributed by atoms with Crippen molar-refractivity contribution in [3.8, 4) is 5.75 Å². The quantitative estimate of drug-likeness (QED) is 0.107. The third-order valence-electron chi connectivity index (χ3n) is 11.9. The molecule has 4 atom stereocenters. The van der Waals surface area contributed by atoms with Crippen molar-refractivity contribution in [1.29, 1.82) is 0 Å². The Morgan fingerprint density at radius 3 is 2.00 bits per heavy atom. The van der Waals surface area contributed by atoms with Crippen LogP contribution >= 0.6 is 0 Å². The number of rotatable bonds is 14. The fourth-order valence-corrected chi connectivity index (χ4v) is 8.56. The van der Waals surface area contributed by atoms with Crippen LogP contribution in [0.4, 0.5) is 17.1 Å². The molecule has 8 rings (SSSR count). The summed E-state index contributed by atoms with van der Waals surface area (Å²) in [6, 6.07) is 14.8. The predicted octanol–water partition coefficient (Wildman–Crippen LogP) is 12.4. The van der Waals surface area contributed by atoms with Crippen molar-refractivity contribution in [2.45, 2.75) is 140 Å². The first-order valence-corrected chi connectivity index (χ1v) is 22.5. The summed E-state index contributed by atoms with van der Waals surface area (Å²) in [6.45, 7) is 5.06. The Morgan fingerprint density at radius 1 is 0.672 bits per heavy atom. The van der Waals surface area contributed by atoms with E-state index in [0.717, 1.165) is 74.4 Å². The van der Waals surface area contributed by atoms with Crippen LogP contribution in [-0.4, -0.2) is 71.0 Å². The van der Waals surface area contributed by atoms with Crippen molar-refractivity contribution in [1.82, 2.24) is 0 Å². The van der Waals surface area contributed by atoms with Crippen molar-refractivity contribution in [2.24, 2.45) is 0 Å². The van der Waals surface area contributed by atoms with E-state index in [1.807, 2.05) is 24.5 Å². The van der Waals surface area contributed by atoms with Gasteiger partial charge in [0, 0.05) is 25.8 Å². The second-order valence-electron chi connectivity index (χ2n) is 16.5. The van der Waals surface area contributed by atoms with Crippen molar-refractivity contribution < 1.29 is 24.2 Å². The normalized spacial score (nSPS) is 23.1. The Kier molecular flexibility index (Phi) is 20.9. The fraction of sp³-hybridized carbons (Fsp3) is 0.592. The Bertz CT molecular complexity index is 1670. The van der Waals surface area contributed by atoms with Crippen molar-refractivity contribution >= 4 is 28.7 Å². The van der Waals surface area contributed by atoms with Gasteiger partial charge < -0.3 is 41.5 Å². The van der Waals surface area contributed by atoms with Gasteiger partial charge in [-0.05, 0) is 47.4 Å². The SMILES string of the molecule is C1=CC(C2CCCC[N-]2)[N-]CC1.C1CCC(C2CCCC[N-]2)[N-]C1.CN(C)c1cccc(OCCCCCCCCCC2=c3ccc4c(c3[N-]C=C2)[N-]C=CC=4)c1.[Ru+6]. The fourth-order valence-electron chi connectivity index (χ4n) is 8.56. The minimum atomic E-state index is 0. The van der Waals surface area contributed by atoms with Gasteiger partial charge in [0.15, 0.2) is 0 Å². The molecule has 6 aliphatic rings. The van der Waals surface area contributed by atoms with Gasteiger partial charge in [0.25, 0.3) is 0 Å². The van der Waals surface area contributed by atoms with Gasteiger partial charge >= 0.3 is 19.5 Å². The average molecular weight is 873 g/mol. The standard InChI is InChI=1S/C29H35N3O.C10H18N2.C10H16N2.Ru/c1-32(2)25-14-10-15-26(22-25)33-21-9-7-5-3-4-6-8-12-23-18-20-31-29-27(23)17-16-24-13-11-19-30-28(24)29;2*1-3-7-11-9(5-1)10-6-2-4-8-12-10;/h10-11,13-20,22H,3-9,12,21H2,1-2H3;9-10H,1-8H2;1,5,9-10H,2-4,6-8H2;/q3*-2;+6. The Labute approximate surface area is 364 Å². The number of benzene rings is 2. The molecule has 9 heteroatoms. The molecular weight excluding hydrogens is 804 g/mol. The summed E-state index contributed by atoms with van der Waals surface area (Å²) in [5.41, 5.74) is 4.60. The smallest absolute Gasteiger partial charge is 0.665 e. The van der Waals surface area contributed by atoms with Crippen LogP contribution in [0.1, 0.15) is 116 Å². The molecule has 0 radical (unpaired) electrons.